The van der Waals surface area contributed by atoms with Gasteiger partial charge < -0.3 is 19.5 Å². The zero-order chi connectivity index (χ0) is 18.4. The Morgan fingerprint density at radius 2 is 1.85 bits per heavy atom. The Balaban J connectivity index is 1.70. The first-order chi connectivity index (χ1) is 12.7. The number of ether oxygens (including phenoxy) is 1. The molecule has 6 heteroatoms. The molecule has 2 heterocycles. The van der Waals surface area contributed by atoms with Gasteiger partial charge in [-0.05, 0) is 36.6 Å². The quantitative estimate of drug-likeness (QED) is 0.819. The minimum absolute atomic E-state index is 0.512. The van der Waals surface area contributed by atoms with Crippen LogP contribution in [-0.4, -0.2) is 44.9 Å². The van der Waals surface area contributed by atoms with Gasteiger partial charge in [0.05, 0.1) is 12.3 Å². The van der Waals surface area contributed by atoms with Crippen LogP contribution in [0.3, 0.4) is 0 Å². The highest BCUT2D eigenvalue weighted by Gasteiger charge is 2.18. The Bertz CT molecular complexity index is 825. The molecule has 0 amide bonds. The minimum Gasteiger partial charge on any atom is -0.384 e. The van der Waals surface area contributed by atoms with Crippen molar-refractivity contribution >= 4 is 23.6 Å². The van der Waals surface area contributed by atoms with E-state index in [2.05, 4.69) is 45.1 Å². The number of nitriles is 1. The van der Waals surface area contributed by atoms with Crippen LogP contribution < -0.4 is 9.80 Å². The Labute approximate surface area is 159 Å². The molecule has 2 aromatic rings. The molecule has 5 nitrogen and oxygen atoms in total. The summed E-state index contributed by atoms with van der Waals surface area (Å²) in [6.07, 6.45) is 3.80. The van der Waals surface area contributed by atoms with Crippen molar-refractivity contribution in [3.8, 4) is 6.07 Å². The number of rotatable bonds is 5. The van der Waals surface area contributed by atoms with E-state index in [9.17, 15) is 5.26 Å². The van der Waals surface area contributed by atoms with Crippen LogP contribution in [0.4, 0.5) is 11.4 Å². The summed E-state index contributed by atoms with van der Waals surface area (Å²) in [5.41, 5.74) is 4.05. The lowest BCUT2D eigenvalue weighted by atomic mass is 10.1. The van der Waals surface area contributed by atoms with E-state index in [1.54, 1.807) is 7.11 Å². The molecule has 1 aromatic heterocycles. The molecule has 0 saturated carbocycles. The molecule has 1 aromatic carbocycles. The summed E-state index contributed by atoms with van der Waals surface area (Å²) >= 11 is 5.26. The second kappa shape index (κ2) is 8.84. The number of hydrogen-bond donors (Lipinski definition) is 1. The fraction of sp³-hybridized carbons (Fsp3) is 0.400. The maximum absolute atomic E-state index is 9.44. The monoisotopic (exact) mass is 368 g/mol. The highest BCUT2D eigenvalue weighted by molar-refractivity contribution is 7.71. The number of nitrogens with zero attached hydrogens (tertiary/aromatic N) is 3. The van der Waals surface area contributed by atoms with Crippen LogP contribution in [0.5, 0.6) is 0 Å². The second-order valence-corrected chi connectivity index (χ2v) is 6.82. The molecule has 0 atom stereocenters. The van der Waals surface area contributed by atoms with Crippen LogP contribution in [0.2, 0.25) is 0 Å². The van der Waals surface area contributed by atoms with Gasteiger partial charge in [-0.25, -0.2) is 0 Å². The predicted molar refractivity (Wildman–Crippen MR) is 107 cm³/mol. The number of pyridine rings is 1. The molecule has 0 radical (unpaired) electrons. The van der Waals surface area contributed by atoms with Crippen molar-refractivity contribution in [2.75, 3.05) is 49.7 Å². The zero-order valence-electron chi connectivity index (χ0n) is 15.1. The molecular formula is C20H24N4OS. The third-order valence-corrected chi connectivity index (χ3v) is 5.11. The summed E-state index contributed by atoms with van der Waals surface area (Å²) in [6, 6.07) is 13.0. The van der Waals surface area contributed by atoms with Gasteiger partial charge in [-0.3, -0.25) is 0 Å². The number of H-pyrrole nitrogens is 1. The summed E-state index contributed by atoms with van der Waals surface area (Å²) < 4.78 is 5.65. The molecule has 1 saturated heterocycles. The molecule has 0 unspecified atom stereocenters. The van der Waals surface area contributed by atoms with Gasteiger partial charge in [0, 0.05) is 45.2 Å². The van der Waals surface area contributed by atoms with Crippen molar-refractivity contribution in [3.63, 3.8) is 0 Å². The van der Waals surface area contributed by atoms with Gasteiger partial charge in [-0.15, -0.1) is 0 Å². The van der Waals surface area contributed by atoms with Crippen LogP contribution in [0.1, 0.15) is 17.5 Å². The van der Waals surface area contributed by atoms with E-state index >= 15 is 0 Å². The van der Waals surface area contributed by atoms with Gasteiger partial charge >= 0.3 is 0 Å². The Hall–Kier alpha value is -2.36. The van der Waals surface area contributed by atoms with E-state index in [4.69, 9.17) is 17.0 Å². The van der Waals surface area contributed by atoms with Crippen molar-refractivity contribution in [3.05, 3.63) is 52.3 Å². The van der Waals surface area contributed by atoms with Crippen molar-refractivity contribution < 1.29 is 4.74 Å². The maximum Gasteiger partial charge on any atom is 0.123 e. The Morgan fingerprint density at radius 3 is 2.58 bits per heavy atom. The van der Waals surface area contributed by atoms with Crippen molar-refractivity contribution in [1.82, 2.24) is 4.98 Å². The van der Waals surface area contributed by atoms with Gasteiger partial charge in [0.15, 0.2) is 0 Å². The maximum atomic E-state index is 9.44. The summed E-state index contributed by atoms with van der Waals surface area (Å²) in [5, 5.41) is 9.44. The first kappa shape index (κ1) is 18.4. The number of hydrogen-bond acceptors (Lipinski definition) is 5. The van der Waals surface area contributed by atoms with Gasteiger partial charge in [0.1, 0.15) is 16.3 Å². The molecule has 0 spiro atoms. The molecule has 1 N–H and O–H groups in total. The minimum atomic E-state index is 0.512. The molecule has 1 fully saturated rings. The van der Waals surface area contributed by atoms with Gasteiger partial charge in [0.25, 0.3) is 0 Å². The van der Waals surface area contributed by atoms with Crippen LogP contribution in [-0.2, 0) is 11.2 Å². The smallest absolute Gasteiger partial charge is 0.123 e. The fourth-order valence-corrected chi connectivity index (χ4v) is 3.57. The van der Waals surface area contributed by atoms with Crippen molar-refractivity contribution in [2.24, 2.45) is 0 Å². The molecule has 0 aliphatic carbocycles. The largest absolute Gasteiger partial charge is 0.384 e. The number of aromatic amines is 1. The number of nitrogens with one attached hydrogen (secondary N) is 1. The number of benzene rings is 1. The summed E-state index contributed by atoms with van der Waals surface area (Å²) in [6.45, 7) is 4.48. The van der Waals surface area contributed by atoms with Crippen LogP contribution in [0.25, 0.3) is 0 Å². The lowest BCUT2D eigenvalue weighted by Gasteiger charge is -2.25. The number of methoxy groups -OCH3 is 1. The predicted octanol–water partition coefficient (Wildman–Crippen LogP) is 3.52. The van der Waals surface area contributed by atoms with Gasteiger partial charge in [-0.2, -0.15) is 5.26 Å². The summed E-state index contributed by atoms with van der Waals surface area (Å²) in [4.78, 5) is 7.63. The van der Waals surface area contributed by atoms with E-state index in [1.807, 2.05) is 12.3 Å². The molecule has 1 aliphatic rings. The normalized spacial score (nSPS) is 14.8. The van der Waals surface area contributed by atoms with E-state index in [0.717, 1.165) is 51.3 Å². The summed E-state index contributed by atoms with van der Waals surface area (Å²) in [5.74, 6) is 0. The van der Waals surface area contributed by atoms with Gasteiger partial charge in [0.2, 0.25) is 0 Å². The van der Waals surface area contributed by atoms with Crippen molar-refractivity contribution in [1.29, 1.82) is 5.26 Å². The molecule has 0 bridgehead atoms. The van der Waals surface area contributed by atoms with E-state index in [1.165, 1.54) is 11.3 Å². The molecule has 1 aliphatic heterocycles. The third-order valence-electron chi connectivity index (χ3n) is 4.78. The van der Waals surface area contributed by atoms with Crippen LogP contribution in [0, 0.1) is 16.0 Å². The third kappa shape index (κ3) is 4.24. The van der Waals surface area contributed by atoms with Gasteiger partial charge in [-0.1, -0.05) is 24.4 Å². The summed E-state index contributed by atoms with van der Waals surface area (Å²) in [7, 11) is 1.73. The Kier molecular flexibility index (Phi) is 6.26. The lowest BCUT2D eigenvalue weighted by Crippen LogP contribution is -2.31. The number of anilines is 2. The standard InChI is InChI=1S/C20H24N4OS/c1-25-14-8-16-3-5-17(6-4-16)23-10-2-11-24(13-12-23)19-7-9-22-20(26)18(19)15-21/h3-7,9H,2,8,10-14H2,1H3,(H,22,26). The van der Waals surface area contributed by atoms with E-state index < -0.39 is 0 Å². The number of aromatic nitrogens is 1. The van der Waals surface area contributed by atoms with Crippen LogP contribution >= 0.6 is 12.2 Å². The van der Waals surface area contributed by atoms with Crippen molar-refractivity contribution in [2.45, 2.75) is 12.8 Å². The molecular weight excluding hydrogens is 344 g/mol. The fourth-order valence-electron chi connectivity index (χ4n) is 3.35. The SMILES string of the molecule is COCCc1ccc(N2CCCN(c3cc[nH]c(=S)c3C#N)CC2)cc1. The Morgan fingerprint density at radius 1 is 1.12 bits per heavy atom. The van der Waals surface area contributed by atoms with E-state index in [-0.39, 0.29) is 0 Å². The zero-order valence-corrected chi connectivity index (χ0v) is 15.9. The van der Waals surface area contributed by atoms with E-state index in [0.29, 0.717) is 10.2 Å². The highest BCUT2D eigenvalue weighted by atomic mass is 32.1. The average molecular weight is 369 g/mol. The average Bonchev–Trinajstić information content (AvgIpc) is 2.93. The topological polar surface area (TPSA) is 55.3 Å². The van der Waals surface area contributed by atoms with Crippen LogP contribution in [0.15, 0.2) is 36.5 Å². The lowest BCUT2D eigenvalue weighted by molar-refractivity contribution is 0.202. The second-order valence-electron chi connectivity index (χ2n) is 6.42. The molecule has 26 heavy (non-hydrogen) atoms. The molecule has 3 rings (SSSR count). The first-order valence-corrected chi connectivity index (χ1v) is 9.33. The first-order valence-electron chi connectivity index (χ1n) is 8.92. The highest BCUT2D eigenvalue weighted by Crippen LogP contribution is 2.23. The molecule has 136 valence electrons.